The van der Waals surface area contributed by atoms with Crippen molar-refractivity contribution in [1.82, 2.24) is 0 Å². The number of phenols is 1. The summed E-state index contributed by atoms with van der Waals surface area (Å²) < 4.78 is 119. The summed E-state index contributed by atoms with van der Waals surface area (Å²) >= 11 is 0. The molecule has 0 aliphatic heterocycles. The summed E-state index contributed by atoms with van der Waals surface area (Å²) in [6.45, 7) is 5.13. The largest absolute Gasteiger partial charge is 0.507 e. The number of phenolic OH excluding ortho intramolecular Hbond substituents is 1. The number of hydrogen-bond acceptors (Lipinski definition) is 2. The smallest absolute Gasteiger partial charge is 0.418 e. The molecule has 0 fully saturated rings. The Morgan fingerprint density at radius 3 is 1.61 bits per heavy atom. The molecule has 2 aromatic carbocycles. The van der Waals surface area contributed by atoms with E-state index in [1.54, 1.807) is 20.8 Å². The summed E-state index contributed by atoms with van der Waals surface area (Å²) in [4.78, 5) is 3.22. The van der Waals surface area contributed by atoms with Gasteiger partial charge in [-0.05, 0) is 29.2 Å². The van der Waals surface area contributed by atoms with Gasteiger partial charge in [0.2, 0.25) is 0 Å². The first-order valence-corrected chi connectivity index (χ1v) is 8.59. The van der Waals surface area contributed by atoms with Crippen molar-refractivity contribution in [3.8, 4) is 5.75 Å². The van der Waals surface area contributed by atoms with E-state index in [2.05, 4.69) is 4.99 Å². The van der Waals surface area contributed by atoms with Crippen LogP contribution in [-0.2, 0) is 23.9 Å². The Morgan fingerprint density at radius 1 is 0.742 bits per heavy atom. The van der Waals surface area contributed by atoms with Crippen LogP contribution < -0.4 is 0 Å². The summed E-state index contributed by atoms with van der Waals surface area (Å²) in [7, 11) is 0. The molecule has 0 amide bonds. The summed E-state index contributed by atoms with van der Waals surface area (Å²) in [6, 6.07) is 3.26. The van der Waals surface area contributed by atoms with E-state index in [1.165, 1.54) is 18.2 Å². The maximum atomic E-state index is 13.4. The second-order valence-corrected chi connectivity index (χ2v) is 7.66. The third kappa shape index (κ3) is 5.50. The van der Waals surface area contributed by atoms with E-state index in [1.807, 2.05) is 0 Å². The van der Waals surface area contributed by atoms with Crippen molar-refractivity contribution in [2.75, 3.05) is 0 Å². The molecule has 0 aromatic heterocycles. The van der Waals surface area contributed by atoms with E-state index in [-0.39, 0.29) is 5.56 Å². The van der Waals surface area contributed by atoms with Gasteiger partial charge in [-0.15, -0.1) is 0 Å². The lowest BCUT2D eigenvalue weighted by Crippen LogP contribution is -2.16. The van der Waals surface area contributed by atoms with Gasteiger partial charge in [0.05, 0.1) is 22.4 Å². The molecule has 31 heavy (non-hydrogen) atoms. The maximum absolute atomic E-state index is 13.4. The molecule has 11 heteroatoms. The lowest BCUT2D eigenvalue weighted by molar-refractivity contribution is -0.147. The zero-order chi connectivity index (χ0) is 24.0. The molecular formula is C20H16F9NO. The molecule has 0 spiro atoms. The number of halogens is 9. The number of nitrogens with zero attached hydrogens (tertiary/aromatic N) is 1. The first-order valence-electron chi connectivity index (χ1n) is 8.59. The zero-order valence-electron chi connectivity index (χ0n) is 16.3. The van der Waals surface area contributed by atoms with Crippen LogP contribution >= 0.6 is 0 Å². The molecule has 0 saturated carbocycles. The summed E-state index contributed by atoms with van der Waals surface area (Å²) in [5.74, 6) is -0.423. The van der Waals surface area contributed by atoms with Crippen LogP contribution in [0.2, 0.25) is 0 Å². The fraction of sp³-hybridized carbons (Fsp3) is 0.350. The van der Waals surface area contributed by atoms with Crippen molar-refractivity contribution in [1.29, 1.82) is 0 Å². The third-order valence-electron chi connectivity index (χ3n) is 4.26. The van der Waals surface area contributed by atoms with Gasteiger partial charge in [0.1, 0.15) is 5.75 Å². The van der Waals surface area contributed by atoms with Gasteiger partial charge in [-0.25, -0.2) is 0 Å². The van der Waals surface area contributed by atoms with Crippen LogP contribution in [0.5, 0.6) is 5.75 Å². The molecular weight excluding hydrogens is 441 g/mol. The fourth-order valence-electron chi connectivity index (χ4n) is 2.77. The number of alkyl halides is 9. The molecule has 2 nitrogen and oxygen atoms in total. The Balaban J connectivity index is 2.80. The van der Waals surface area contributed by atoms with Crippen molar-refractivity contribution < 1.29 is 44.6 Å². The van der Waals surface area contributed by atoms with Crippen molar-refractivity contribution >= 4 is 11.9 Å². The average molecular weight is 457 g/mol. The van der Waals surface area contributed by atoms with Gasteiger partial charge in [0.25, 0.3) is 0 Å². The fourth-order valence-corrected chi connectivity index (χ4v) is 2.77. The highest BCUT2D eigenvalue weighted by atomic mass is 19.4. The summed E-state index contributed by atoms with van der Waals surface area (Å²) in [5, 5.41) is 10.3. The number of hydrogen-bond donors (Lipinski definition) is 1. The molecule has 0 saturated heterocycles. The van der Waals surface area contributed by atoms with Crippen molar-refractivity contribution in [2.24, 2.45) is 4.99 Å². The van der Waals surface area contributed by atoms with Crippen LogP contribution in [0, 0.1) is 0 Å². The first kappa shape index (κ1) is 24.5. The highest BCUT2D eigenvalue weighted by Gasteiger charge is 2.44. The second kappa shape index (κ2) is 7.76. The van der Waals surface area contributed by atoms with Gasteiger partial charge in [-0.3, -0.25) is 4.99 Å². The first-order chi connectivity index (χ1) is 13.8. The standard InChI is InChI=1S/C20H16F9NO/c1-17(2,3)12-6-4-5-10(16(12)31)9-30-15-13(19(24,25)26)7-11(18(21,22)23)8-14(15)20(27,28)29/h4-9,31H,1-3H3. The van der Waals surface area contributed by atoms with Crippen LogP contribution in [0.4, 0.5) is 45.2 Å². The molecule has 0 radical (unpaired) electrons. The average Bonchev–Trinajstić information content (AvgIpc) is 2.56. The lowest BCUT2D eigenvalue weighted by Gasteiger charge is -2.21. The Bertz CT molecular complexity index is 959. The van der Waals surface area contributed by atoms with Crippen molar-refractivity contribution in [2.45, 2.75) is 44.7 Å². The molecule has 0 atom stereocenters. The number of para-hydroxylation sites is 1. The quantitative estimate of drug-likeness (QED) is 0.368. The second-order valence-electron chi connectivity index (χ2n) is 7.66. The zero-order valence-corrected chi connectivity index (χ0v) is 16.3. The number of aliphatic imine (C=N–C) groups is 1. The van der Waals surface area contributed by atoms with Gasteiger partial charge in [-0.2, -0.15) is 39.5 Å². The third-order valence-corrected chi connectivity index (χ3v) is 4.26. The van der Waals surface area contributed by atoms with Gasteiger partial charge in [0, 0.05) is 11.8 Å². The highest BCUT2D eigenvalue weighted by molar-refractivity contribution is 5.87. The summed E-state index contributed by atoms with van der Waals surface area (Å²) in [6.07, 6.45) is -16.0. The predicted molar refractivity (Wildman–Crippen MR) is 95.5 cm³/mol. The maximum Gasteiger partial charge on any atom is 0.418 e. The topological polar surface area (TPSA) is 32.6 Å². The summed E-state index contributed by atoms with van der Waals surface area (Å²) in [5.41, 5.74) is -8.70. The van der Waals surface area contributed by atoms with E-state index >= 15 is 0 Å². The molecule has 1 N–H and O–H groups in total. The van der Waals surface area contributed by atoms with Crippen LogP contribution in [0.3, 0.4) is 0 Å². The minimum Gasteiger partial charge on any atom is -0.507 e. The molecule has 0 unspecified atom stereocenters. The van der Waals surface area contributed by atoms with Crippen LogP contribution in [0.15, 0.2) is 35.3 Å². The van der Waals surface area contributed by atoms with E-state index in [4.69, 9.17) is 0 Å². The Morgan fingerprint density at radius 2 is 1.23 bits per heavy atom. The number of benzene rings is 2. The van der Waals surface area contributed by atoms with Gasteiger partial charge in [0.15, 0.2) is 0 Å². The normalized spacial score (nSPS) is 13.8. The van der Waals surface area contributed by atoms with Gasteiger partial charge < -0.3 is 5.11 Å². The Kier molecular flexibility index (Phi) is 6.14. The van der Waals surface area contributed by atoms with E-state index in [9.17, 15) is 44.6 Å². The monoisotopic (exact) mass is 457 g/mol. The van der Waals surface area contributed by atoms with E-state index in [0.29, 0.717) is 11.8 Å². The van der Waals surface area contributed by atoms with E-state index in [0.717, 1.165) is 0 Å². The van der Waals surface area contributed by atoms with Crippen molar-refractivity contribution in [3.63, 3.8) is 0 Å². The number of aromatic hydroxyl groups is 1. The highest BCUT2D eigenvalue weighted by Crippen LogP contribution is 2.47. The number of rotatable bonds is 2. The van der Waals surface area contributed by atoms with Crippen LogP contribution in [0.1, 0.15) is 48.6 Å². The molecule has 0 aliphatic carbocycles. The predicted octanol–water partition coefficient (Wildman–Crippen LogP) is 7.50. The molecule has 2 aromatic rings. The van der Waals surface area contributed by atoms with Crippen LogP contribution in [-0.4, -0.2) is 11.3 Å². The molecule has 2 rings (SSSR count). The van der Waals surface area contributed by atoms with Crippen molar-refractivity contribution in [3.05, 3.63) is 58.1 Å². The SMILES string of the molecule is CC(C)(C)c1cccc(C=Nc2c(C(F)(F)F)cc(C(F)(F)F)cc2C(F)(F)F)c1O. The molecule has 0 bridgehead atoms. The minimum absolute atomic E-state index is 0.200. The Hall–Kier alpha value is -2.72. The lowest BCUT2D eigenvalue weighted by atomic mass is 9.85. The van der Waals surface area contributed by atoms with Gasteiger partial charge >= 0.3 is 18.5 Å². The van der Waals surface area contributed by atoms with E-state index < -0.39 is 64.2 Å². The molecule has 0 heterocycles. The molecule has 0 aliphatic rings. The minimum atomic E-state index is -5.55. The van der Waals surface area contributed by atoms with Crippen LogP contribution in [0.25, 0.3) is 0 Å². The molecule has 170 valence electrons. The Labute approximate surface area is 171 Å². The van der Waals surface area contributed by atoms with Gasteiger partial charge in [-0.1, -0.05) is 32.9 Å².